The van der Waals surface area contributed by atoms with Gasteiger partial charge in [0.2, 0.25) is 0 Å². The molecular weight excluding hydrogens is 214 g/mol. The molecule has 0 atom stereocenters. The van der Waals surface area contributed by atoms with E-state index < -0.39 is 17.4 Å². The normalized spacial score (nSPS) is 15.9. The summed E-state index contributed by atoms with van der Waals surface area (Å²) in [5, 5.41) is 0. The summed E-state index contributed by atoms with van der Waals surface area (Å²) in [4.78, 5) is 11.5. The van der Waals surface area contributed by atoms with Gasteiger partial charge in [-0.2, -0.15) is 0 Å². The fourth-order valence-electron chi connectivity index (χ4n) is 1.52. The number of rotatable bonds is 4. The second kappa shape index (κ2) is 4.70. The molecule has 0 spiro atoms. The van der Waals surface area contributed by atoms with Crippen molar-refractivity contribution in [2.75, 3.05) is 6.61 Å². The Morgan fingerprint density at radius 3 is 2.69 bits per heavy atom. The summed E-state index contributed by atoms with van der Waals surface area (Å²) >= 11 is 0. The molecular formula is C12H12F2O2. The van der Waals surface area contributed by atoms with E-state index in [-0.39, 0.29) is 18.3 Å². The van der Waals surface area contributed by atoms with Crippen LogP contribution in [0.15, 0.2) is 18.2 Å². The topological polar surface area (TPSA) is 26.3 Å². The zero-order valence-electron chi connectivity index (χ0n) is 8.71. The second-order valence-electron chi connectivity index (χ2n) is 3.91. The van der Waals surface area contributed by atoms with E-state index in [1.54, 1.807) is 0 Å². The van der Waals surface area contributed by atoms with Crippen LogP contribution in [0.3, 0.4) is 0 Å². The van der Waals surface area contributed by atoms with Gasteiger partial charge in [0, 0.05) is 6.07 Å². The molecule has 1 aliphatic carbocycles. The number of Topliss-reactive ketones (excluding diaryl/α,β-unsaturated/α-hetero) is 1. The van der Waals surface area contributed by atoms with Crippen molar-refractivity contribution in [3.63, 3.8) is 0 Å². The van der Waals surface area contributed by atoms with E-state index in [1.165, 1.54) is 0 Å². The third-order valence-electron chi connectivity index (χ3n) is 2.73. The van der Waals surface area contributed by atoms with Crippen LogP contribution in [0.4, 0.5) is 8.78 Å². The fraction of sp³-hybridized carbons (Fsp3) is 0.417. The predicted octanol–water partition coefficient (Wildman–Crippen LogP) is 2.72. The van der Waals surface area contributed by atoms with Gasteiger partial charge in [0.05, 0.1) is 11.7 Å². The van der Waals surface area contributed by atoms with Crippen LogP contribution in [0.25, 0.3) is 0 Å². The average Bonchev–Trinajstić information content (AvgIpc) is 2.14. The lowest BCUT2D eigenvalue weighted by Gasteiger charge is -2.25. The van der Waals surface area contributed by atoms with Crippen molar-refractivity contribution in [1.29, 1.82) is 0 Å². The lowest BCUT2D eigenvalue weighted by atomic mass is 9.96. The smallest absolute Gasteiger partial charge is 0.191 e. The van der Waals surface area contributed by atoms with Crippen LogP contribution in [-0.4, -0.2) is 18.5 Å². The first-order chi connectivity index (χ1) is 7.66. The molecule has 0 radical (unpaired) electrons. The van der Waals surface area contributed by atoms with Crippen molar-refractivity contribution >= 4 is 5.78 Å². The van der Waals surface area contributed by atoms with Crippen LogP contribution < -0.4 is 0 Å². The summed E-state index contributed by atoms with van der Waals surface area (Å²) in [6.45, 7) is -0.132. The number of hydrogen-bond donors (Lipinski definition) is 0. The van der Waals surface area contributed by atoms with Crippen LogP contribution >= 0.6 is 0 Å². The third-order valence-corrected chi connectivity index (χ3v) is 2.73. The lowest BCUT2D eigenvalue weighted by molar-refractivity contribution is 0.00715. The molecule has 0 unspecified atom stereocenters. The fourth-order valence-corrected chi connectivity index (χ4v) is 1.52. The summed E-state index contributed by atoms with van der Waals surface area (Å²) in [6.07, 6.45) is 3.16. The first kappa shape index (κ1) is 11.2. The van der Waals surface area contributed by atoms with Crippen molar-refractivity contribution in [3.8, 4) is 0 Å². The van der Waals surface area contributed by atoms with E-state index in [0.717, 1.165) is 31.4 Å². The molecule has 1 saturated carbocycles. The van der Waals surface area contributed by atoms with Crippen LogP contribution in [0.1, 0.15) is 29.6 Å². The molecule has 0 aromatic heterocycles. The predicted molar refractivity (Wildman–Crippen MR) is 54.3 cm³/mol. The van der Waals surface area contributed by atoms with Gasteiger partial charge in [-0.15, -0.1) is 0 Å². The van der Waals surface area contributed by atoms with Gasteiger partial charge in [0.15, 0.2) is 5.78 Å². The molecule has 1 aliphatic rings. The Balaban J connectivity index is 1.96. The highest BCUT2D eigenvalue weighted by molar-refractivity contribution is 5.97. The van der Waals surface area contributed by atoms with Gasteiger partial charge in [0.25, 0.3) is 0 Å². The van der Waals surface area contributed by atoms with Crippen LogP contribution in [0, 0.1) is 11.6 Å². The number of ether oxygens (including phenoxy) is 1. The molecule has 0 heterocycles. The zero-order valence-corrected chi connectivity index (χ0v) is 8.71. The summed E-state index contributed by atoms with van der Waals surface area (Å²) in [5.74, 6) is -1.96. The molecule has 1 aromatic carbocycles. The maximum atomic E-state index is 13.2. The van der Waals surface area contributed by atoms with Gasteiger partial charge in [-0.1, -0.05) is 0 Å². The second-order valence-corrected chi connectivity index (χ2v) is 3.91. The summed E-state index contributed by atoms with van der Waals surface area (Å²) in [5.41, 5.74) is -0.110. The Morgan fingerprint density at radius 2 is 2.12 bits per heavy atom. The SMILES string of the molecule is O=C(COC1CCC1)c1ccc(F)cc1F. The molecule has 1 aromatic rings. The minimum atomic E-state index is -0.831. The maximum absolute atomic E-state index is 13.2. The minimum Gasteiger partial charge on any atom is -0.370 e. The summed E-state index contributed by atoms with van der Waals surface area (Å²) in [6, 6.07) is 2.92. The first-order valence-electron chi connectivity index (χ1n) is 5.26. The standard InChI is InChI=1S/C12H12F2O2/c13-8-4-5-10(11(14)6-8)12(15)7-16-9-2-1-3-9/h4-6,9H,1-3,7H2. The van der Waals surface area contributed by atoms with Crippen LogP contribution in [-0.2, 0) is 4.74 Å². The highest BCUT2D eigenvalue weighted by Crippen LogP contribution is 2.22. The molecule has 0 saturated heterocycles. The summed E-state index contributed by atoms with van der Waals surface area (Å²) in [7, 11) is 0. The van der Waals surface area contributed by atoms with E-state index in [0.29, 0.717) is 6.07 Å². The third kappa shape index (κ3) is 2.44. The van der Waals surface area contributed by atoms with Gasteiger partial charge >= 0.3 is 0 Å². The molecule has 4 heteroatoms. The Hall–Kier alpha value is -1.29. The van der Waals surface area contributed by atoms with Crippen LogP contribution in [0.5, 0.6) is 0 Å². The molecule has 0 aliphatic heterocycles. The van der Waals surface area contributed by atoms with Crippen LogP contribution in [0.2, 0.25) is 0 Å². The van der Waals surface area contributed by atoms with E-state index in [1.807, 2.05) is 0 Å². The van der Waals surface area contributed by atoms with Crippen molar-refractivity contribution in [3.05, 3.63) is 35.4 Å². The highest BCUT2D eigenvalue weighted by atomic mass is 19.1. The van der Waals surface area contributed by atoms with Crippen molar-refractivity contribution in [2.45, 2.75) is 25.4 Å². The number of carbonyl (C=O) groups excluding carboxylic acids is 1. The lowest BCUT2D eigenvalue weighted by Crippen LogP contribution is -2.25. The number of hydrogen-bond acceptors (Lipinski definition) is 2. The largest absolute Gasteiger partial charge is 0.370 e. The van der Waals surface area contributed by atoms with Crippen molar-refractivity contribution < 1.29 is 18.3 Å². The zero-order chi connectivity index (χ0) is 11.5. The first-order valence-corrected chi connectivity index (χ1v) is 5.26. The van der Waals surface area contributed by atoms with Crippen molar-refractivity contribution in [1.82, 2.24) is 0 Å². The van der Waals surface area contributed by atoms with Gasteiger partial charge in [-0.3, -0.25) is 4.79 Å². The number of carbonyl (C=O) groups is 1. The minimum absolute atomic E-state index is 0.110. The molecule has 1 fully saturated rings. The molecule has 0 bridgehead atoms. The van der Waals surface area contributed by atoms with E-state index >= 15 is 0 Å². The van der Waals surface area contributed by atoms with Crippen molar-refractivity contribution in [2.24, 2.45) is 0 Å². The van der Waals surface area contributed by atoms with Gasteiger partial charge in [-0.05, 0) is 31.4 Å². The van der Waals surface area contributed by atoms with E-state index in [9.17, 15) is 13.6 Å². The Labute approximate surface area is 92.2 Å². The maximum Gasteiger partial charge on any atom is 0.191 e. The van der Waals surface area contributed by atoms with Gasteiger partial charge in [-0.25, -0.2) is 8.78 Å². The monoisotopic (exact) mass is 226 g/mol. The van der Waals surface area contributed by atoms with Gasteiger partial charge in [0.1, 0.15) is 18.2 Å². The molecule has 0 amide bonds. The molecule has 2 rings (SSSR count). The van der Waals surface area contributed by atoms with Gasteiger partial charge < -0.3 is 4.74 Å². The Morgan fingerprint density at radius 1 is 1.38 bits per heavy atom. The Bertz CT molecular complexity index is 400. The number of halogens is 2. The molecule has 86 valence electrons. The highest BCUT2D eigenvalue weighted by Gasteiger charge is 2.20. The Kier molecular flexibility index (Phi) is 3.29. The molecule has 16 heavy (non-hydrogen) atoms. The molecule has 2 nitrogen and oxygen atoms in total. The molecule has 0 N–H and O–H groups in total. The summed E-state index contributed by atoms with van der Waals surface area (Å²) < 4.78 is 31.1. The van der Waals surface area contributed by atoms with E-state index in [4.69, 9.17) is 4.74 Å². The number of benzene rings is 1. The van der Waals surface area contributed by atoms with E-state index in [2.05, 4.69) is 0 Å². The number of ketones is 1. The average molecular weight is 226 g/mol. The quantitative estimate of drug-likeness (QED) is 0.738.